The zero-order valence-electron chi connectivity index (χ0n) is 12.7. The Kier molecular flexibility index (Phi) is 4.27. The Bertz CT molecular complexity index is 460. The van der Waals surface area contributed by atoms with E-state index in [1.807, 2.05) is 0 Å². The van der Waals surface area contributed by atoms with Gasteiger partial charge in [0.2, 0.25) is 0 Å². The van der Waals surface area contributed by atoms with Crippen LogP contribution in [0.4, 0.5) is 0 Å². The lowest BCUT2D eigenvalue weighted by Crippen LogP contribution is -2.38. The molecule has 0 radical (unpaired) electrons. The lowest BCUT2D eigenvalue weighted by molar-refractivity contribution is 0.286. The molecule has 3 nitrogen and oxygen atoms in total. The van der Waals surface area contributed by atoms with E-state index in [-0.39, 0.29) is 0 Å². The Morgan fingerprint density at radius 2 is 2.20 bits per heavy atom. The first kappa shape index (κ1) is 13.9. The van der Waals surface area contributed by atoms with Crippen molar-refractivity contribution in [3.63, 3.8) is 0 Å². The van der Waals surface area contributed by atoms with Gasteiger partial charge in [0, 0.05) is 18.6 Å². The molecule has 3 rings (SSSR count). The molecule has 1 N–H and O–H groups in total. The van der Waals surface area contributed by atoms with Crippen LogP contribution in [0.3, 0.4) is 0 Å². The Morgan fingerprint density at radius 3 is 2.95 bits per heavy atom. The fraction of sp³-hybridized carbons (Fsp3) is 0.647. The van der Waals surface area contributed by atoms with Gasteiger partial charge in [0.15, 0.2) is 0 Å². The maximum Gasteiger partial charge on any atom is 0.119 e. The van der Waals surface area contributed by atoms with Crippen molar-refractivity contribution in [1.29, 1.82) is 0 Å². The molecule has 1 aliphatic carbocycles. The molecule has 1 aliphatic heterocycles. The van der Waals surface area contributed by atoms with Crippen molar-refractivity contribution in [2.45, 2.75) is 44.2 Å². The van der Waals surface area contributed by atoms with Crippen LogP contribution in [0.2, 0.25) is 0 Å². The first-order chi connectivity index (χ1) is 9.78. The zero-order valence-corrected chi connectivity index (χ0v) is 12.7. The van der Waals surface area contributed by atoms with Gasteiger partial charge in [-0.2, -0.15) is 0 Å². The van der Waals surface area contributed by atoms with Crippen molar-refractivity contribution in [3.05, 3.63) is 29.3 Å². The molecule has 1 aromatic carbocycles. The van der Waals surface area contributed by atoms with Crippen LogP contribution >= 0.6 is 0 Å². The highest BCUT2D eigenvalue weighted by atomic mass is 16.5. The number of hydrogen-bond donors (Lipinski definition) is 1. The van der Waals surface area contributed by atoms with Crippen LogP contribution in [0.15, 0.2) is 18.2 Å². The molecule has 1 saturated heterocycles. The molecule has 0 bridgehead atoms. The van der Waals surface area contributed by atoms with Crippen molar-refractivity contribution in [1.82, 2.24) is 10.2 Å². The van der Waals surface area contributed by atoms with Crippen molar-refractivity contribution in [3.8, 4) is 5.75 Å². The summed E-state index contributed by atoms with van der Waals surface area (Å²) in [5, 5.41) is 3.81. The van der Waals surface area contributed by atoms with Crippen molar-refractivity contribution >= 4 is 0 Å². The van der Waals surface area contributed by atoms with E-state index in [0.29, 0.717) is 6.04 Å². The average Bonchev–Trinajstić information content (AvgIpc) is 2.89. The van der Waals surface area contributed by atoms with E-state index in [2.05, 4.69) is 35.5 Å². The number of benzene rings is 1. The highest BCUT2D eigenvalue weighted by Crippen LogP contribution is 2.32. The van der Waals surface area contributed by atoms with E-state index in [9.17, 15) is 0 Å². The number of rotatable bonds is 4. The van der Waals surface area contributed by atoms with Gasteiger partial charge in [-0.1, -0.05) is 6.07 Å². The smallest absolute Gasteiger partial charge is 0.119 e. The number of ether oxygens (including phenoxy) is 1. The number of likely N-dealkylation sites (tertiary alicyclic amines) is 1. The van der Waals surface area contributed by atoms with E-state index >= 15 is 0 Å². The third kappa shape index (κ3) is 2.84. The Labute approximate surface area is 122 Å². The number of aryl methyl sites for hydroxylation is 1. The van der Waals surface area contributed by atoms with Crippen molar-refractivity contribution in [2.75, 3.05) is 27.2 Å². The van der Waals surface area contributed by atoms with Gasteiger partial charge in [-0.3, -0.25) is 0 Å². The number of fused-ring (bicyclic) bond motifs is 1. The second-order valence-electron chi connectivity index (χ2n) is 6.19. The third-order valence-corrected chi connectivity index (χ3v) is 4.94. The Morgan fingerprint density at radius 1 is 1.30 bits per heavy atom. The lowest BCUT2D eigenvalue weighted by atomic mass is 9.87. The third-order valence-electron chi connectivity index (χ3n) is 4.94. The lowest BCUT2D eigenvalue weighted by Gasteiger charge is -2.29. The van der Waals surface area contributed by atoms with E-state index < -0.39 is 0 Å². The standard InChI is InChI=1S/C17H26N2O/c1-19-10-4-6-14(19)12-18-17-7-3-5-13-11-15(20-2)8-9-16(13)17/h8-9,11,14,17-18H,3-7,10,12H2,1-2H3. The van der Waals surface area contributed by atoms with Crippen LogP contribution in [-0.4, -0.2) is 38.2 Å². The molecule has 0 spiro atoms. The quantitative estimate of drug-likeness (QED) is 0.913. The molecule has 110 valence electrons. The summed E-state index contributed by atoms with van der Waals surface area (Å²) in [5.41, 5.74) is 2.95. The molecular formula is C17H26N2O. The molecule has 0 amide bonds. The van der Waals surface area contributed by atoms with Crippen LogP contribution in [0.25, 0.3) is 0 Å². The summed E-state index contributed by atoms with van der Waals surface area (Å²) >= 11 is 0. The highest BCUT2D eigenvalue weighted by Gasteiger charge is 2.24. The molecule has 2 aliphatic rings. The molecule has 1 fully saturated rings. The monoisotopic (exact) mass is 274 g/mol. The summed E-state index contributed by atoms with van der Waals surface area (Å²) in [7, 11) is 4.00. The van der Waals surface area contributed by atoms with Gasteiger partial charge < -0.3 is 15.0 Å². The van der Waals surface area contributed by atoms with Crippen LogP contribution in [0.1, 0.15) is 42.9 Å². The Hall–Kier alpha value is -1.06. The van der Waals surface area contributed by atoms with Gasteiger partial charge >= 0.3 is 0 Å². The number of nitrogens with one attached hydrogen (secondary N) is 1. The SMILES string of the molecule is COc1ccc2c(c1)CCCC2NCC1CCCN1C. The molecule has 3 heteroatoms. The fourth-order valence-electron chi connectivity index (χ4n) is 3.65. The average molecular weight is 274 g/mol. The first-order valence-electron chi connectivity index (χ1n) is 7.88. The van der Waals surface area contributed by atoms with E-state index in [1.165, 1.54) is 49.8 Å². The van der Waals surface area contributed by atoms with E-state index in [4.69, 9.17) is 4.74 Å². The minimum atomic E-state index is 0.527. The zero-order chi connectivity index (χ0) is 13.9. The first-order valence-corrected chi connectivity index (χ1v) is 7.88. The molecular weight excluding hydrogens is 248 g/mol. The largest absolute Gasteiger partial charge is 0.497 e. The minimum absolute atomic E-state index is 0.527. The molecule has 0 aromatic heterocycles. The Balaban J connectivity index is 1.67. The summed E-state index contributed by atoms with van der Waals surface area (Å²) < 4.78 is 5.34. The van der Waals surface area contributed by atoms with Crippen LogP contribution in [0, 0.1) is 0 Å². The molecule has 0 saturated carbocycles. The second-order valence-corrected chi connectivity index (χ2v) is 6.19. The summed E-state index contributed by atoms with van der Waals surface area (Å²) in [4.78, 5) is 2.49. The topological polar surface area (TPSA) is 24.5 Å². The maximum atomic E-state index is 5.34. The van der Waals surface area contributed by atoms with E-state index in [1.54, 1.807) is 7.11 Å². The molecule has 1 aromatic rings. The summed E-state index contributed by atoms with van der Waals surface area (Å²) in [5.74, 6) is 0.986. The van der Waals surface area contributed by atoms with Crippen LogP contribution < -0.4 is 10.1 Å². The van der Waals surface area contributed by atoms with Crippen LogP contribution in [0.5, 0.6) is 5.75 Å². The predicted molar refractivity (Wildman–Crippen MR) is 82.3 cm³/mol. The normalized spacial score (nSPS) is 26.5. The van der Waals surface area contributed by atoms with E-state index in [0.717, 1.165) is 18.3 Å². The number of methoxy groups -OCH3 is 1. The van der Waals surface area contributed by atoms with Gasteiger partial charge in [0.05, 0.1) is 7.11 Å². The summed E-state index contributed by atoms with van der Waals surface area (Å²) in [6, 6.07) is 7.81. The summed E-state index contributed by atoms with van der Waals surface area (Å²) in [6.45, 7) is 2.37. The van der Waals surface area contributed by atoms with Gasteiger partial charge in [0.1, 0.15) is 5.75 Å². The van der Waals surface area contributed by atoms with Gasteiger partial charge in [-0.15, -0.1) is 0 Å². The fourth-order valence-corrected chi connectivity index (χ4v) is 3.65. The van der Waals surface area contributed by atoms with Gasteiger partial charge in [0.25, 0.3) is 0 Å². The van der Waals surface area contributed by atoms with Crippen molar-refractivity contribution in [2.24, 2.45) is 0 Å². The maximum absolute atomic E-state index is 5.34. The second kappa shape index (κ2) is 6.15. The van der Waals surface area contributed by atoms with Crippen LogP contribution in [-0.2, 0) is 6.42 Å². The minimum Gasteiger partial charge on any atom is -0.497 e. The summed E-state index contributed by atoms with van der Waals surface area (Å²) in [6.07, 6.45) is 6.41. The van der Waals surface area contributed by atoms with Gasteiger partial charge in [-0.25, -0.2) is 0 Å². The molecule has 2 atom stereocenters. The van der Waals surface area contributed by atoms with Crippen molar-refractivity contribution < 1.29 is 4.74 Å². The number of nitrogens with zero attached hydrogens (tertiary/aromatic N) is 1. The highest BCUT2D eigenvalue weighted by molar-refractivity contribution is 5.39. The molecule has 1 heterocycles. The number of likely N-dealkylation sites (N-methyl/N-ethyl adjacent to an activating group) is 1. The molecule has 20 heavy (non-hydrogen) atoms. The predicted octanol–water partition coefficient (Wildman–Crippen LogP) is 2.76. The number of hydrogen-bond acceptors (Lipinski definition) is 3. The molecule has 2 unspecified atom stereocenters. The van der Waals surface area contributed by atoms with Gasteiger partial charge in [-0.05, 0) is 69.0 Å².